The monoisotopic (exact) mass is 325 g/mol. The molecule has 1 N–H and O–H groups in total. The summed E-state index contributed by atoms with van der Waals surface area (Å²) in [6, 6.07) is 0. The van der Waals surface area contributed by atoms with Gasteiger partial charge in [0, 0.05) is 25.6 Å². The lowest BCUT2D eigenvalue weighted by atomic mass is 9.68. The predicted molar refractivity (Wildman–Crippen MR) is 85.2 cm³/mol. The number of nitrogens with zero attached hydrogens (tertiary/aromatic N) is 2. The molecule has 1 aliphatic heterocycles. The van der Waals surface area contributed by atoms with E-state index in [1.54, 1.807) is 18.4 Å². The van der Waals surface area contributed by atoms with Gasteiger partial charge in [-0.2, -0.15) is 0 Å². The van der Waals surface area contributed by atoms with Crippen molar-refractivity contribution in [2.24, 2.45) is 5.41 Å². The zero-order valence-electron chi connectivity index (χ0n) is 13.0. The molecule has 7 heteroatoms. The van der Waals surface area contributed by atoms with Crippen molar-refractivity contribution in [3.05, 3.63) is 11.1 Å². The number of amides is 1. The molecule has 0 spiro atoms. The van der Waals surface area contributed by atoms with Gasteiger partial charge in [-0.15, -0.1) is 11.3 Å². The van der Waals surface area contributed by atoms with Gasteiger partial charge in [0.2, 0.25) is 5.91 Å². The molecule has 1 amide bonds. The first-order valence-corrected chi connectivity index (χ1v) is 8.66. The minimum Gasteiger partial charge on any atom is -0.384 e. The van der Waals surface area contributed by atoms with E-state index in [2.05, 4.69) is 15.2 Å². The Labute approximate surface area is 134 Å². The van der Waals surface area contributed by atoms with Gasteiger partial charge in [-0.1, -0.05) is 6.42 Å². The molecule has 3 rings (SSSR count). The van der Waals surface area contributed by atoms with Crippen LogP contribution >= 0.6 is 11.3 Å². The van der Waals surface area contributed by atoms with Crippen molar-refractivity contribution in [3.63, 3.8) is 0 Å². The van der Waals surface area contributed by atoms with Crippen molar-refractivity contribution in [2.75, 3.05) is 44.9 Å². The van der Waals surface area contributed by atoms with E-state index in [0.717, 1.165) is 56.4 Å². The molecule has 2 heterocycles. The summed E-state index contributed by atoms with van der Waals surface area (Å²) in [7, 11) is 1.66. The molecule has 1 saturated carbocycles. The molecule has 0 bridgehead atoms. The Hall–Kier alpha value is -1.18. The number of morpholine rings is 1. The number of hydrogen-bond donors (Lipinski definition) is 1. The van der Waals surface area contributed by atoms with Gasteiger partial charge in [-0.25, -0.2) is 4.98 Å². The fraction of sp³-hybridized carbons (Fsp3) is 0.733. The van der Waals surface area contributed by atoms with Crippen LogP contribution in [0.5, 0.6) is 0 Å². The average Bonchev–Trinajstić information content (AvgIpc) is 2.98. The Kier molecular flexibility index (Phi) is 4.95. The van der Waals surface area contributed by atoms with E-state index >= 15 is 0 Å². The molecular weight excluding hydrogens is 302 g/mol. The number of hydrogen-bond acceptors (Lipinski definition) is 6. The number of thiazole rings is 1. The van der Waals surface area contributed by atoms with E-state index in [0.29, 0.717) is 13.2 Å². The molecule has 0 aromatic carbocycles. The molecule has 0 unspecified atom stereocenters. The second-order valence-electron chi connectivity index (χ2n) is 5.97. The maximum absolute atomic E-state index is 12.4. The highest BCUT2D eigenvalue weighted by atomic mass is 32.1. The molecule has 2 aliphatic rings. The molecule has 22 heavy (non-hydrogen) atoms. The number of carbonyl (C=O) groups is 1. The minimum absolute atomic E-state index is 0.0986. The third-order valence-electron chi connectivity index (χ3n) is 4.46. The van der Waals surface area contributed by atoms with Gasteiger partial charge >= 0.3 is 0 Å². The molecule has 1 aromatic heterocycles. The first kappa shape index (κ1) is 15.7. The Morgan fingerprint density at radius 2 is 2.27 bits per heavy atom. The smallest absolute Gasteiger partial charge is 0.228 e. The van der Waals surface area contributed by atoms with Gasteiger partial charge in [0.1, 0.15) is 0 Å². The highest BCUT2D eigenvalue weighted by Gasteiger charge is 2.44. The summed E-state index contributed by atoms with van der Waals surface area (Å²) in [5.74, 6) is 0.0986. The average molecular weight is 325 g/mol. The minimum atomic E-state index is -0.308. The van der Waals surface area contributed by atoms with Crippen LogP contribution < -0.4 is 10.2 Å². The lowest BCUT2D eigenvalue weighted by Gasteiger charge is -2.39. The van der Waals surface area contributed by atoms with Crippen molar-refractivity contribution in [1.29, 1.82) is 0 Å². The lowest BCUT2D eigenvalue weighted by Crippen LogP contribution is -2.48. The zero-order chi connectivity index (χ0) is 15.4. The van der Waals surface area contributed by atoms with Crippen molar-refractivity contribution in [1.82, 2.24) is 10.3 Å². The Bertz CT molecular complexity index is 510. The number of anilines is 1. The summed E-state index contributed by atoms with van der Waals surface area (Å²) in [5.41, 5.74) is 0.615. The number of carbonyl (C=O) groups excluding carboxylic acids is 1. The fourth-order valence-corrected chi connectivity index (χ4v) is 3.83. The summed E-state index contributed by atoms with van der Waals surface area (Å²) >= 11 is 1.63. The first-order chi connectivity index (χ1) is 10.7. The van der Waals surface area contributed by atoms with E-state index in [4.69, 9.17) is 9.47 Å². The Morgan fingerprint density at radius 1 is 1.50 bits per heavy atom. The second-order valence-corrected chi connectivity index (χ2v) is 6.81. The second kappa shape index (κ2) is 6.93. The quantitative estimate of drug-likeness (QED) is 0.857. The first-order valence-electron chi connectivity index (χ1n) is 7.78. The fourth-order valence-electron chi connectivity index (χ4n) is 2.95. The molecule has 1 saturated heterocycles. The Balaban J connectivity index is 1.53. The summed E-state index contributed by atoms with van der Waals surface area (Å²) in [5, 5.41) is 6.06. The number of aromatic nitrogens is 1. The van der Waals surface area contributed by atoms with E-state index in [1.807, 2.05) is 5.38 Å². The van der Waals surface area contributed by atoms with E-state index in [1.165, 1.54) is 0 Å². The van der Waals surface area contributed by atoms with Crippen LogP contribution in [0.15, 0.2) is 5.38 Å². The van der Waals surface area contributed by atoms with Crippen LogP contribution in [0.2, 0.25) is 0 Å². The van der Waals surface area contributed by atoms with Crippen LogP contribution in [-0.2, 0) is 20.8 Å². The van der Waals surface area contributed by atoms with Crippen molar-refractivity contribution in [3.8, 4) is 0 Å². The number of nitrogens with one attached hydrogen (secondary N) is 1. The van der Waals surface area contributed by atoms with Crippen LogP contribution in [0.25, 0.3) is 0 Å². The van der Waals surface area contributed by atoms with Gasteiger partial charge in [-0.05, 0) is 12.8 Å². The maximum Gasteiger partial charge on any atom is 0.228 e. The molecule has 0 radical (unpaired) electrons. The summed E-state index contributed by atoms with van der Waals surface area (Å²) < 4.78 is 10.6. The van der Waals surface area contributed by atoms with Gasteiger partial charge < -0.3 is 19.7 Å². The summed E-state index contributed by atoms with van der Waals surface area (Å²) in [6.07, 6.45) is 2.94. The third-order valence-corrected chi connectivity index (χ3v) is 5.41. The molecular formula is C15H23N3O3S. The topological polar surface area (TPSA) is 63.7 Å². The summed E-state index contributed by atoms with van der Waals surface area (Å²) in [4.78, 5) is 19.2. The lowest BCUT2D eigenvalue weighted by molar-refractivity contribution is -0.140. The van der Waals surface area contributed by atoms with Crippen LogP contribution in [0, 0.1) is 5.41 Å². The molecule has 2 fully saturated rings. The van der Waals surface area contributed by atoms with E-state index < -0.39 is 0 Å². The SMILES string of the molecule is COCC1(C(=O)NCc2csc(N3CCOCC3)n2)CCC1. The van der Waals surface area contributed by atoms with E-state index in [-0.39, 0.29) is 11.3 Å². The number of ether oxygens (including phenoxy) is 2. The largest absolute Gasteiger partial charge is 0.384 e. The van der Waals surface area contributed by atoms with E-state index in [9.17, 15) is 4.79 Å². The highest BCUT2D eigenvalue weighted by molar-refractivity contribution is 7.13. The van der Waals surface area contributed by atoms with Crippen LogP contribution in [0.4, 0.5) is 5.13 Å². The molecule has 1 aromatic rings. The van der Waals surface area contributed by atoms with Crippen molar-refractivity contribution >= 4 is 22.4 Å². The molecule has 1 aliphatic carbocycles. The maximum atomic E-state index is 12.4. The van der Waals surface area contributed by atoms with Gasteiger partial charge in [0.05, 0.1) is 37.5 Å². The third kappa shape index (κ3) is 3.26. The molecule has 6 nitrogen and oxygen atoms in total. The number of rotatable bonds is 6. The van der Waals surface area contributed by atoms with Crippen LogP contribution in [0.1, 0.15) is 25.0 Å². The van der Waals surface area contributed by atoms with Crippen LogP contribution in [0.3, 0.4) is 0 Å². The van der Waals surface area contributed by atoms with Crippen molar-refractivity contribution < 1.29 is 14.3 Å². The highest BCUT2D eigenvalue weighted by Crippen LogP contribution is 2.41. The molecule has 0 atom stereocenters. The standard InChI is InChI=1S/C15H23N3O3S/c1-20-11-15(3-2-4-15)13(19)16-9-12-10-22-14(17-12)18-5-7-21-8-6-18/h10H,2-9,11H2,1H3,(H,16,19). The number of methoxy groups -OCH3 is 1. The van der Waals surface area contributed by atoms with Gasteiger partial charge in [0.15, 0.2) is 5.13 Å². The summed E-state index contributed by atoms with van der Waals surface area (Å²) in [6.45, 7) is 4.28. The van der Waals surface area contributed by atoms with Gasteiger partial charge in [0.25, 0.3) is 0 Å². The zero-order valence-corrected chi connectivity index (χ0v) is 13.8. The van der Waals surface area contributed by atoms with Crippen molar-refractivity contribution in [2.45, 2.75) is 25.8 Å². The predicted octanol–water partition coefficient (Wildman–Crippen LogP) is 1.41. The molecule has 122 valence electrons. The van der Waals surface area contributed by atoms with Gasteiger partial charge in [-0.3, -0.25) is 4.79 Å². The normalized spacial score (nSPS) is 20.5. The Morgan fingerprint density at radius 3 is 2.91 bits per heavy atom. The van der Waals surface area contributed by atoms with Crippen LogP contribution in [-0.4, -0.2) is 50.9 Å².